The van der Waals surface area contributed by atoms with Crippen LogP contribution >= 0.6 is 0 Å². The number of para-hydroxylation sites is 2. The first-order valence-electron chi connectivity index (χ1n) is 8.36. The van der Waals surface area contributed by atoms with Crippen molar-refractivity contribution in [2.45, 2.75) is 20.8 Å². The quantitative estimate of drug-likeness (QED) is 0.554. The maximum absolute atomic E-state index is 12.6. The Morgan fingerprint density at radius 1 is 1.00 bits per heavy atom. The van der Waals surface area contributed by atoms with Crippen molar-refractivity contribution in [3.63, 3.8) is 0 Å². The first-order valence-corrected chi connectivity index (χ1v) is 8.36. The van der Waals surface area contributed by atoms with Gasteiger partial charge in [0.1, 0.15) is 5.75 Å². The van der Waals surface area contributed by atoms with Gasteiger partial charge in [-0.2, -0.15) is 5.10 Å². The van der Waals surface area contributed by atoms with Gasteiger partial charge < -0.3 is 9.67 Å². The smallest absolute Gasteiger partial charge is 0.273 e. The fraction of sp³-hybridized carbons (Fsp3) is 0.143. The van der Waals surface area contributed by atoms with Gasteiger partial charge in [0.05, 0.1) is 11.3 Å². The number of aryl methyl sites for hydroxylation is 1. The first kappa shape index (κ1) is 17.5. The Morgan fingerprint density at radius 2 is 1.65 bits per heavy atom. The van der Waals surface area contributed by atoms with Crippen molar-refractivity contribution in [2.75, 3.05) is 0 Å². The van der Waals surface area contributed by atoms with Crippen LogP contribution in [0.15, 0.2) is 65.8 Å². The summed E-state index contributed by atoms with van der Waals surface area (Å²) in [5.41, 5.74) is 7.10. The van der Waals surface area contributed by atoms with Crippen molar-refractivity contribution in [1.82, 2.24) is 9.99 Å². The third-order valence-corrected chi connectivity index (χ3v) is 4.31. The van der Waals surface area contributed by atoms with E-state index in [-0.39, 0.29) is 11.7 Å². The number of carbonyl (C=O) groups is 1. The predicted molar refractivity (Wildman–Crippen MR) is 103 cm³/mol. The van der Waals surface area contributed by atoms with E-state index in [1.807, 2.05) is 60.9 Å². The van der Waals surface area contributed by atoms with Crippen molar-refractivity contribution in [3.05, 3.63) is 83.2 Å². The number of aromatic nitrogens is 1. The average molecular weight is 347 g/mol. The lowest BCUT2D eigenvalue weighted by Gasteiger charge is -2.09. The Hall–Kier alpha value is -3.34. The second-order valence-corrected chi connectivity index (χ2v) is 6.11. The number of amides is 1. The monoisotopic (exact) mass is 347 g/mol. The number of nitrogens with zero attached hydrogens (tertiary/aromatic N) is 2. The molecule has 1 amide bonds. The molecule has 0 bridgehead atoms. The molecule has 0 saturated heterocycles. The molecule has 0 radical (unpaired) electrons. The van der Waals surface area contributed by atoms with Gasteiger partial charge in [0.25, 0.3) is 5.91 Å². The maximum Gasteiger partial charge on any atom is 0.273 e. The van der Waals surface area contributed by atoms with E-state index in [4.69, 9.17) is 0 Å². The lowest BCUT2D eigenvalue weighted by atomic mass is 10.1. The van der Waals surface area contributed by atoms with Crippen molar-refractivity contribution in [1.29, 1.82) is 0 Å². The Bertz CT molecular complexity index is 972. The standard InChI is InChI=1S/C21H21N3O2/c1-14-13-19(16(3)24(14)17-9-5-4-6-10-17)21(26)23-22-15(2)18-11-7-8-12-20(18)25/h4-13,25H,1-3H3,(H,23,26)/b22-15+. The molecule has 3 rings (SSSR count). The zero-order valence-corrected chi connectivity index (χ0v) is 15.0. The molecule has 0 unspecified atom stereocenters. The minimum Gasteiger partial charge on any atom is -0.507 e. The Kier molecular flexibility index (Phi) is 4.89. The minimum absolute atomic E-state index is 0.130. The Morgan fingerprint density at radius 3 is 2.35 bits per heavy atom. The molecule has 132 valence electrons. The maximum atomic E-state index is 12.6. The highest BCUT2D eigenvalue weighted by molar-refractivity contribution is 6.02. The van der Waals surface area contributed by atoms with Gasteiger partial charge in [-0.1, -0.05) is 30.3 Å². The van der Waals surface area contributed by atoms with E-state index >= 15 is 0 Å². The highest BCUT2D eigenvalue weighted by Gasteiger charge is 2.16. The molecular weight excluding hydrogens is 326 g/mol. The number of carbonyl (C=O) groups excluding carboxylic acids is 1. The van der Waals surface area contributed by atoms with Crippen molar-refractivity contribution in [3.8, 4) is 11.4 Å². The van der Waals surface area contributed by atoms with Crippen LogP contribution in [-0.4, -0.2) is 21.3 Å². The average Bonchev–Trinajstić information content (AvgIpc) is 2.95. The molecule has 26 heavy (non-hydrogen) atoms. The molecule has 3 aromatic rings. The zero-order chi connectivity index (χ0) is 18.7. The van der Waals surface area contributed by atoms with E-state index in [0.717, 1.165) is 17.1 Å². The van der Waals surface area contributed by atoms with E-state index in [1.165, 1.54) is 0 Å². The first-order chi connectivity index (χ1) is 12.5. The summed E-state index contributed by atoms with van der Waals surface area (Å²) in [6.45, 7) is 5.62. The molecule has 0 spiro atoms. The van der Waals surface area contributed by atoms with E-state index in [1.54, 1.807) is 25.1 Å². The van der Waals surface area contributed by atoms with E-state index in [9.17, 15) is 9.90 Å². The molecule has 0 fully saturated rings. The van der Waals surface area contributed by atoms with E-state index < -0.39 is 0 Å². The molecule has 5 nitrogen and oxygen atoms in total. The number of hydrazone groups is 1. The number of rotatable bonds is 4. The lowest BCUT2D eigenvalue weighted by molar-refractivity contribution is 0.0954. The summed E-state index contributed by atoms with van der Waals surface area (Å²) >= 11 is 0. The molecular formula is C21H21N3O2. The molecule has 1 aromatic heterocycles. The summed E-state index contributed by atoms with van der Waals surface area (Å²) in [5, 5.41) is 14.0. The van der Waals surface area contributed by atoms with Gasteiger partial charge in [-0.3, -0.25) is 4.79 Å². The third kappa shape index (κ3) is 3.37. The van der Waals surface area contributed by atoms with E-state index in [2.05, 4.69) is 10.5 Å². The predicted octanol–water partition coefficient (Wildman–Crippen LogP) is 3.95. The number of phenolic OH excluding ortho intramolecular Hbond substituents is 1. The highest BCUT2D eigenvalue weighted by Crippen LogP contribution is 2.21. The van der Waals surface area contributed by atoms with Gasteiger partial charge in [-0.15, -0.1) is 0 Å². The van der Waals surface area contributed by atoms with Crippen LogP contribution < -0.4 is 5.43 Å². The fourth-order valence-electron chi connectivity index (χ4n) is 3.00. The van der Waals surface area contributed by atoms with Gasteiger partial charge in [0, 0.05) is 22.6 Å². The van der Waals surface area contributed by atoms with Crippen molar-refractivity contribution >= 4 is 11.6 Å². The lowest BCUT2D eigenvalue weighted by Crippen LogP contribution is -2.20. The molecule has 0 aliphatic carbocycles. The van der Waals surface area contributed by atoms with Crippen LogP contribution in [0.4, 0.5) is 0 Å². The van der Waals surface area contributed by atoms with Crippen LogP contribution in [0.5, 0.6) is 5.75 Å². The summed E-state index contributed by atoms with van der Waals surface area (Å²) < 4.78 is 2.04. The summed E-state index contributed by atoms with van der Waals surface area (Å²) in [4.78, 5) is 12.6. The summed E-state index contributed by atoms with van der Waals surface area (Å²) in [5.74, 6) is -0.152. The molecule has 2 aromatic carbocycles. The summed E-state index contributed by atoms with van der Waals surface area (Å²) in [7, 11) is 0. The number of benzene rings is 2. The van der Waals surface area contributed by atoms with Gasteiger partial charge in [-0.05, 0) is 51.1 Å². The normalized spacial score (nSPS) is 11.4. The molecule has 0 aliphatic heterocycles. The number of aromatic hydroxyl groups is 1. The number of phenols is 1. The molecule has 0 atom stereocenters. The largest absolute Gasteiger partial charge is 0.507 e. The third-order valence-electron chi connectivity index (χ3n) is 4.31. The molecule has 0 saturated carbocycles. The van der Waals surface area contributed by atoms with Crippen LogP contribution in [0.2, 0.25) is 0 Å². The number of nitrogens with one attached hydrogen (secondary N) is 1. The van der Waals surface area contributed by atoms with Crippen LogP contribution in [0.1, 0.15) is 34.2 Å². The SMILES string of the molecule is C/C(=N\NC(=O)c1cc(C)n(-c2ccccc2)c1C)c1ccccc1O. The summed E-state index contributed by atoms with van der Waals surface area (Å²) in [6, 6.07) is 18.6. The zero-order valence-electron chi connectivity index (χ0n) is 15.0. The van der Waals surface area contributed by atoms with Crippen LogP contribution in [0.3, 0.4) is 0 Å². The highest BCUT2D eigenvalue weighted by atomic mass is 16.3. The van der Waals surface area contributed by atoms with Gasteiger partial charge >= 0.3 is 0 Å². The number of hydrogen-bond donors (Lipinski definition) is 2. The summed E-state index contributed by atoms with van der Waals surface area (Å²) in [6.07, 6.45) is 0. The minimum atomic E-state index is -0.282. The fourth-order valence-corrected chi connectivity index (χ4v) is 3.00. The van der Waals surface area contributed by atoms with E-state index in [0.29, 0.717) is 16.8 Å². The topological polar surface area (TPSA) is 66.6 Å². The van der Waals surface area contributed by atoms with Gasteiger partial charge in [-0.25, -0.2) is 5.43 Å². The van der Waals surface area contributed by atoms with Crippen LogP contribution in [0.25, 0.3) is 5.69 Å². The van der Waals surface area contributed by atoms with Gasteiger partial charge in [0.2, 0.25) is 0 Å². The molecule has 0 aliphatic rings. The molecule has 1 heterocycles. The van der Waals surface area contributed by atoms with Crippen molar-refractivity contribution in [2.24, 2.45) is 5.10 Å². The van der Waals surface area contributed by atoms with Crippen molar-refractivity contribution < 1.29 is 9.90 Å². The second kappa shape index (κ2) is 7.27. The Balaban J connectivity index is 1.85. The molecule has 5 heteroatoms. The Labute approximate surface area is 152 Å². The second-order valence-electron chi connectivity index (χ2n) is 6.11. The van der Waals surface area contributed by atoms with Gasteiger partial charge in [0.15, 0.2) is 0 Å². The van der Waals surface area contributed by atoms with Crippen LogP contribution in [0, 0.1) is 13.8 Å². The number of hydrogen-bond acceptors (Lipinski definition) is 3. The van der Waals surface area contributed by atoms with Crippen LogP contribution in [-0.2, 0) is 0 Å². The molecule has 2 N–H and O–H groups in total.